The van der Waals surface area contributed by atoms with Crippen molar-refractivity contribution in [2.45, 2.75) is 44.3 Å². The normalized spacial score (nSPS) is 26.7. The van der Waals surface area contributed by atoms with Crippen molar-refractivity contribution >= 4 is 0 Å². The molecule has 3 nitrogen and oxygen atoms in total. The first-order valence-corrected chi connectivity index (χ1v) is 7.76. The van der Waals surface area contributed by atoms with Crippen molar-refractivity contribution in [3.8, 4) is 0 Å². The Morgan fingerprint density at radius 1 is 1.29 bits per heavy atom. The molecule has 1 aromatic rings. The third-order valence-corrected chi connectivity index (χ3v) is 4.92. The minimum Gasteiger partial charge on any atom is -0.388 e. The molecule has 0 saturated carbocycles. The van der Waals surface area contributed by atoms with Crippen LogP contribution in [0.4, 0.5) is 4.39 Å². The van der Waals surface area contributed by atoms with Crippen molar-refractivity contribution in [2.24, 2.45) is 5.92 Å². The Labute approximate surface area is 125 Å². The predicted molar refractivity (Wildman–Crippen MR) is 77.6 cm³/mol. The minimum absolute atomic E-state index is 0.0492. The summed E-state index contributed by atoms with van der Waals surface area (Å²) >= 11 is 0. The standard InChI is InChI=1S/C17H23FO3/c1-12-3-2-4-14(15(12)18)16(19)13-5-8-21-17(11-13)6-9-20-10-7-17/h2-4,13,16,19H,5-11H2,1H3. The van der Waals surface area contributed by atoms with Gasteiger partial charge in [-0.3, -0.25) is 0 Å². The van der Waals surface area contributed by atoms with Gasteiger partial charge in [-0.1, -0.05) is 18.2 Å². The number of halogens is 1. The third-order valence-electron chi connectivity index (χ3n) is 4.92. The third kappa shape index (κ3) is 2.98. The Morgan fingerprint density at radius 2 is 2.05 bits per heavy atom. The lowest BCUT2D eigenvalue weighted by molar-refractivity contribution is -0.159. The number of benzene rings is 1. The van der Waals surface area contributed by atoms with E-state index in [-0.39, 0.29) is 17.3 Å². The van der Waals surface area contributed by atoms with Crippen molar-refractivity contribution < 1.29 is 19.0 Å². The van der Waals surface area contributed by atoms with Crippen molar-refractivity contribution in [3.05, 3.63) is 35.1 Å². The van der Waals surface area contributed by atoms with Crippen molar-refractivity contribution in [3.63, 3.8) is 0 Å². The van der Waals surface area contributed by atoms with E-state index in [1.54, 1.807) is 25.1 Å². The van der Waals surface area contributed by atoms with Crippen LogP contribution in [-0.2, 0) is 9.47 Å². The number of aryl methyl sites for hydroxylation is 1. The fourth-order valence-electron chi connectivity index (χ4n) is 3.58. The summed E-state index contributed by atoms with van der Waals surface area (Å²) in [6, 6.07) is 5.23. The summed E-state index contributed by atoms with van der Waals surface area (Å²) in [5.41, 5.74) is 0.825. The summed E-state index contributed by atoms with van der Waals surface area (Å²) in [7, 11) is 0. The molecular weight excluding hydrogens is 271 g/mol. The van der Waals surface area contributed by atoms with Crippen LogP contribution in [0.3, 0.4) is 0 Å². The van der Waals surface area contributed by atoms with Crippen LogP contribution in [-0.4, -0.2) is 30.5 Å². The van der Waals surface area contributed by atoms with Gasteiger partial charge in [0.05, 0.1) is 11.7 Å². The van der Waals surface area contributed by atoms with Gasteiger partial charge in [0.15, 0.2) is 0 Å². The first kappa shape index (κ1) is 14.9. The highest BCUT2D eigenvalue weighted by Gasteiger charge is 2.41. The van der Waals surface area contributed by atoms with E-state index in [0.29, 0.717) is 30.9 Å². The van der Waals surface area contributed by atoms with Gasteiger partial charge in [0, 0.05) is 25.4 Å². The molecule has 0 radical (unpaired) electrons. The smallest absolute Gasteiger partial charge is 0.131 e. The lowest BCUT2D eigenvalue weighted by Gasteiger charge is -2.44. The maximum Gasteiger partial charge on any atom is 0.131 e. The Balaban J connectivity index is 1.78. The van der Waals surface area contributed by atoms with Gasteiger partial charge in [-0.15, -0.1) is 0 Å². The number of aliphatic hydroxyl groups is 1. The van der Waals surface area contributed by atoms with E-state index in [2.05, 4.69) is 0 Å². The van der Waals surface area contributed by atoms with E-state index in [1.807, 2.05) is 0 Å². The molecule has 2 unspecified atom stereocenters. The molecule has 2 saturated heterocycles. The van der Waals surface area contributed by atoms with Crippen LogP contribution in [0.15, 0.2) is 18.2 Å². The molecule has 21 heavy (non-hydrogen) atoms. The second kappa shape index (κ2) is 6.03. The van der Waals surface area contributed by atoms with Crippen molar-refractivity contribution in [1.29, 1.82) is 0 Å². The molecule has 2 aliphatic rings. The molecule has 2 aliphatic heterocycles. The van der Waals surface area contributed by atoms with Crippen LogP contribution in [0.5, 0.6) is 0 Å². The van der Waals surface area contributed by atoms with E-state index < -0.39 is 6.10 Å². The summed E-state index contributed by atoms with van der Waals surface area (Å²) < 4.78 is 25.6. The molecule has 1 spiro atoms. The van der Waals surface area contributed by atoms with Gasteiger partial charge < -0.3 is 14.6 Å². The summed E-state index contributed by atoms with van der Waals surface area (Å²) in [6.45, 7) is 3.79. The molecular formula is C17H23FO3. The lowest BCUT2D eigenvalue weighted by Crippen LogP contribution is -2.45. The van der Waals surface area contributed by atoms with Crippen LogP contribution in [0.25, 0.3) is 0 Å². The molecule has 3 rings (SSSR count). The zero-order valence-corrected chi connectivity index (χ0v) is 12.5. The first-order valence-electron chi connectivity index (χ1n) is 7.76. The Morgan fingerprint density at radius 3 is 2.81 bits per heavy atom. The maximum atomic E-state index is 14.2. The molecule has 116 valence electrons. The van der Waals surface area contributed by atoms with Gasteiger partial charge in [0.25, 0.3) is 0 Å². The summed E-state index contributed by atoms with van der Waals surface area (Å²) in [5, 5.41) is 10.6. The summed E-state index contributed by atoms with van der Waals surface area (Å²) in [6.07, 6.45) is 2.54. The number of ether oxygens (including phenoxy) is 2. The van der Waals surface area contributed by atoms with Crippen LogP contribution >= 0.6 is 0 Å². The molecule has 1 aromatic carbocycles. The topological polar surface area (TPSA) is 38.7 Å². The van der Waals surface area contributed by atoms with Crippen LogP contribution in [0.1, 0.15) is 42.9 Å². The van der Waals surface area contributed by atoms with Crippen molar-refractivity contribution in [1.82, 2.24) is 0 Å². The van der Waals surface area contributed by atoms with E-state index in [0.717, 1.165) is 25.7 Å². The Hall–Kier alpha value is -0.970. The van der Waals surface area contributed by atoms with Gasteiger partial charge in [0.1, 0.15) is 5.82 Å². The summed E-state index contributed by atoms with van der Waals surface area (Å²) in [5.74, 6) is -0.231. The molecule has 0 amide bonds. The van der Waals surface area contributed by atoms with Gasteiger partial charge in [-0.2, -0.15) is 0 Å². The average Bonchev–Trinajstić information content (AvgIpc) is 2.50. The van der Waals surface area contributed by atoms with E-state index in [4.69, 9.17) is 9.47 Å². The average molecular weight is 294 g/mol. The van der Waals surface area contributed by atoms with Gasteiger partial charge in [0.2, 0.25) is 0 Å². The molecule has 2 atom stereocenters. The maximum absolute atomic E-state index is 14.2. The molecule has 0 aromatic heterocycles. The fraction of sp³-hybridized carbons (Fsp3) is 0.647. The zero-order valence-electron chi connectivity index (χ0n) is 12.5. The van der Waals surface area contributed by atoms with E-state index in [1.165, 1.54) is 0 Å². The molecule has 0 bridgehead atoms. The minimum atomic E-state index is -0.756. The zero-order chi connectivity index (χ0) is 14.9. The highest BCUT2D eigenvalue weighted by molar-refractivity contribution is 5.27. The molecule has 2 heterocycles. The predicted octanol–water partition coefficient (Wildman–Crippen LogP) is 3.14. The molecule has 0 aliphatic carbocycles. The Bertz CT molecular complexity index is 491. The SMILES string of the molecule is Cc1cccc(C(O)C2CCOC3(CCOCC3)C2)c1F. The summed E-state index contributed by atoms with van der Waals surface area (Å²) in [4.78, 5) is 0. The molecule has 4 heteroatoms. The number of hydrogen-bond donors (Lipinski definition) is 1. The quantitative estimate of drug-likeness (QED) is 0.910. The first-order chi connectivity index (χ1) is 10.1. The van der Waals surface area contributed by atoms with Crippen LogP contribution in [0, 0.1) is 18.7 Å². The van der Waals surface area contributed by atoms with Crippen molar-refractivity contribution in [2.75, 3.05) is 19.8 Å². The van der Waals surface area contributed by atoms with Crippen LogP contribution < -0.4 is 0 Å². The highest BCUT2D eigenvalue weighted by Crippen LogP contribution is 2.42. The monoisotopic (exact) mass is 294 g/mol. The highest BCUT2D eigenvalue weighted by atomic mass is 19.1. The second-order valence-electron chi connectivity index (χ2n) is 6.32. The molecule has 2 fully saturated rings. The van der Waals surface area contributed by atoms with Gasteiger partial charge in [-0.05, 0) is 44.1 Å². The lowest BCUT2D eigenvalue weighted by atomic mass is 9.77. The number of rotatable bonds is 2. The van der Waals surface area contributed by atoms with Crippen LogP contribution in [0.2, 0.25) is 0 Å². The van der Waals surface area contributed by atoms with E-state index in [9.17, 15) is 9.50 Å². The largest absolute Gasteiger partial charge is 0.388 e. The number of aliphatic hydroxyl groups excluding tert-OH is 1. The van der Waals surface area contributed by atoms with Gasteiger partial charge >= 0.3 is 0 Å². The molecule has 1 N–H and O–H groups in total. The van der Waals surface area contributed by atoms with E-state index >= 15 is 0 Å². The Kier molecular flexibility index (Phi) is 4.29. The fourth-order valence-corrected chi connectivity index (χ4v) is 3.58. The second-order valence-corrected chi connectivity index (χ2v) is 6.32. The number of hydrogen-bond acceptors (Lipinski definition) is 3. The van der Waals surface area contributed by atoms with Gasteiger partial charge in [-0.25, -0.2) is 4.39 Å².